The van der Waals surface area contributed by atoms with Crippen molar-refractivity contribution in [1.29, 1.82) is 0 Å². The van der Waals surface area contributed by atoms with Gasteiger partial charge in [0.2, 0.25) is 11.8 Å². The van der Waals surface area contributed by atoms with Gasteiger partial charge >= 0.3 is 0 Å². The molecule has 34 heavy (non-hydrogen) atoms. The van der Waals surface area contributed by atoms with Gasteiger partial charge in [-0.25, -0.2) is 0 Å². The highest BCUT2D eigenvalue weighted by atomic mass is 32.2. The number of methoxy groups -OCH3 is 1. The van der Waals surface area contributed by atoms with E-state index in [2.05, 4.69) is 9.88 Å². The van der Waals surface area contributed by atoms with Crippen LogP contribution in [0.25, 0.3) is 10.9 Å². The molecule has 0 aliphatic carbocycles. The molecule has 0 fully saturated rings. The first kappa shape index (κ1) is 22.1. The molecule has 1 aliphatic rings. The van der Waals surface area contributed by atoms with E-state index in [4.69, 9.17) is 4.74 Å². The number of hydrogen-bond donors (Lipinski definition) is 1. The lowest BCUT2D eigenvalue weighted by Crippen LogP contribution is -2.43. The molecule has 1 aromatic heterocycles. The van der Waals surface area contributed by atoms with E-state index in [9.17, 15) is 9.59 Å². The third kappa shape index (κ3) is 3.92. The normalized spacial score (nSPS) is 15.6. The maximum Gasteiger partial charge on any atom is 0.248 e. The predicted octanol–water partition coefficient (Wildman–Crippen LogP) is 4.68. The predicted molar refractivity (Wildman–Crippen MR) is 135 cm³/mol. The van der Waals surface area contributed by atoms with Crippen molar-refractivity contribution in [2.75, 3.05) is 17.8 Å². The van der Waals surface area contributed by atoms with Crippen molar-refractivity contribution in [2.24, 2.45) is 7.05 Å². The highest BCUT2D eigenvalue weighted by molar-refractivity contribution is 8.00. The van der Waals surface area contributed by atoms with Crippen LogP contribution < -0.4 is 15.0 Å². The van der Waals surface area contributed by atoms with Crippen molar-refractivity contribution in [3.8, 4) is 5.75 Å². The maximum atomic E-state index is 13.9. The summed E-state index contributed by atoms with van der Waals surface area (Å²) >= 11 is 1.47. The Balaban J connectivity index is 1.66. The molecule has 1 aliphatic heterocycles. The van der Waals surface area contributed by atoms with Crippen molar-refractivity contribution in [3.63, 3.8) is 0 Å². The van der Waals surface area contributed by atoms with Crippen LogP contribution in [0.2, 0.25) is 0 Å². The number of aromatic nitrogens is 1. The van der Waals surface area contributed by atoms with Crippen molar-refractivity contribution in [1.82, 2.24) is 9.88 Å². The number of thioether (sulfide) groups is 1. The van der Waals surface area contributed by atoms with Crippen LogP contribution in [0, 0.1) is 0 Å². The number of amides is 2. The zero-order chi connectivity index (χ0) is 23.7. The minimum Gasteiger partial charge on any atom is -0.497 e. The van der Waals surface area contributed by atoms with Crippen molar-refractivity contribution in [2.45, 2.75) is 17.6 Å². The Morgan fingerprint density at radius 1 is 1.06 bits per heavy atom. The van der Waals surface area contributed by atoms with Crippen LogP contribution in [0.1, 0.15) is 17.2 Å². The second-order valence-electron chi connectivity index (χ2n) is 8.15. The summed E-state index contributed by atoms with van der Waals surface area (Å²) in [4.78, 5) is 29.0. The van der Waals surface area contributed by atoms with Crippen molar-refractivity contribution >= 4 is 40.2 Å². The fourth-order valence-electron chi connectivity index (χ4n) is 4.49. The van der Waals surface area contributed by atoms with Gasteiger partial charge in [0.15, 0.2) is 0 Å². The molecule has 0 radical (unpaired) electrons. The number of nitrogens with zero attached hydrogens (tertiary/aromatic N) is 2. The first-order valence-corrected chi connectivity index (χ1v) is 12.0. The molecule has 2 heterocycles. The summed E-state index contributed by atoms with van der Waals surface area (Å²) in [7, 11) is 3.57. The number of benzene rings is 3. The van der Waals surface area contributed by atoms with Crippen molar-refractivity contribution < 1.29 is 14.3 Å². The fraction of sp³-hybridized carbons (Fsp3) is 0.185. The zero-order valence-electron chi connectivity index (χ0n) is 19.0. The van der Waals surface area contributed by atoms with Crippen LogP contribution in [-0.2, 0) is 23.2 Å². The molecule has 5 rings (SSSR count). The van der Waals surface area contributed by atoms with Crippen LogP contribution in [-0.4, -0.2) is 29.2 Å². The molecule has 6 nitrogen and oxygen atoms in total. The number of anilines is 1. The summed E-state index contributed by atoms with van der Waals surface area (Å²) in [5, 5.41) is 4.98. The maximum absolute atomic E-state index is 13.9. The first-order chi connectivity index (χ1) is 16.6. The van der Waals surface area contributed by atoms with Gasteiger partial charge in [-0.1, -0.05) is 66.4 Å². The molecule has 0 bridgehead atoms. The average molecular weight is 472 g/mol. The highest BCUT2D eigenvalue weighted by Gasteiger charge is 2.39. The summed E-state index contributed by atoms with van der Waals surface area (Å²) in [5.41, 5.74) is 3.50. The molecule has 0 unspecified atom stereocenters. The molecule has 0 saturated heterocycles. The van der Waals surface area contributed by atoms with Crippen LogP contribution in [0.3, 0.4) is 0 Å². The molecule has 3 aromatic carbocycles. The third-order valence-corrected chi connectivity index (χ3v) is 7.27. The fourth-order valence-corrected chi connectivity index (χ4v) is 5.56. The molecular weight excluding hydrogens is 446 g/mol. The van der Waals surface area contributed by atoms with Crippen LogP contribution >= 0.6 is 11.8 Å². The number of carbonyl (C=O) groups is 2. The van der Waals surface area contributed by atoms with Gasteiger partial charge in [-0.05, 0) is 23.8 Å². The molecule has 172 valence electrons. The number of para-hydroxylation sites is 1. The summed E-state index contributed by atoms with van der Waals surface area (Å²) < 4.78 is 7.49. The molecule has 1 atom stereocenters. The molecular formula is C27H25N3O3S. The zero-order valence-corrected chi connectivity index (χ0v) is 19.8. The molecule has 4 aromatic rings. The Labute approximate surface area is 202 Å². The van der Waals surface area contributed by atoms with E-state index >= 15 is 0 Å². The van der Waals surface area contributed by atoms with E-state index in [0.29, 0.717) is 18.0 Å². The largest absolute Gasteiger partial charge is 0.497 e. The smallest absolute Gasteiger partial charge is 0.248 e. The van der Waals surface area contributed by atoms with Gasteiger partial charge in [0, 0.05) is 41.8 Å². The molecule has 2 amide bonds. The summed E-state index contributed by atoms with van der Waals surface area (Å²) in [6, 6.07) is 24.3. The lowest BCUT2D eigenvalue weighted by molar-refractivity contribution is -0.125. The van der Waals surface area contributed by atoms with Gasteiger partial charge in [0.05, 0.1) is 17.9 Å². The Morgan fingerprint density at radius 2 is 1.82 bits per heavy atom. The van der Waals surface area contributed by atoms with E-state index in [1.807, 2.05) is 79.8 Å². The number of aryl methyl sites for hydroxylation is 1. The second-order valence-corrected chi connectivity index (χ2v) is 9.12. The highest BCUT2D eigenvalue weighted by Crippen LogP contribution is 2.43. The number of nitrogens with one attached hydrogen (secondary N) is 1. The number of ether oxygens (including phenoxy) is 1. The average Bonchev–Trinajstić information content (AvgIpc) is 3.05. The van der Waals surface area contributed by atoms with Gasteiger partial charge in [-0.3, -0.25) is 14.5 Å². The van der Waals surface area contributed by atoms with Gasteiger partial charge in [-0.15, -0.1) is 0 Å². The third-order valence-electron chi connectivity index (χ3n) is 6.11. The SMILES string of the molecule is COc1cccc(N2C(=O)CSc3c(c4ccccc4n3C)[C@@H]2C(=O)NCc2ccccc2)c1. The molecule has 0 saturated carbocycles. The second kappa shape index (κ2) is 9.27. The van der Waals surface area contributed by atoms with Crippen LogP contribution in [0.15, 0.2) is 83.9 Å². The summed E-state index contributed by atoms with van der Waals surface area (Å²) in [6.07, 6.45) is 0. The number of rotatable bonds is 5. The van der Waals surface area contributed by atoms with Crippen molar-refractivity contribution in [3.05, 3.63) is 90.0 Å². The van der Waals surface area contributed by atoms with Gasteiger partial charge in [0.25, 0.3) is 0 Å². The molecule has 0 spiro atoms. The number of fused-ring (bicyclic) bond motifs is 3. The van der Waals surface area contributed by atoms with E-state index in [1.54, 1.807) is 18.1 Å². The molecule has 7 heteroatoms. The van der Waals surface area contributed by atoms with Crippen LogP contribution in [0.5, 0.6) is 5.75 Å². The van der Waals surface area contributed by atoms with E-state index in [-0.39, 0.29) is 17.6 Å². The monoisotopic (exact) mass is 471 g/mol. The quantitative estimate of drug-likeness (QED) is 0.459. The molecule has 1 N–H and O–H groups in total. The number of hydrogen-bond acceptors (Lipinski definition) is 4. The summed E-state index contributed by atoms with van der Waals surface area (Å²) in [5.74, 6) is 0.513. The van der Waals surface area contributed by atoms with Gasteiger partial charge in [-0.2, -0.15) is 0 Å². The Kier molecular flexibility index (Phi) is 6.02. The van der Waals surface area contributed by atoms with E-state index in [0.717, 1.165) is 27.1 Å². The minimum absolute atomic E-state index is 0.126. The number of carbonyl (C=O) groups excluding carboxylic acids is 2. The lowest BCUT2D eigenvalue weighted by Gasteiger charge is -2.30. The Morgan fingerprint density at radius 3 is 2.62 bits per heavy atom. The Bertz CT molecular complexity index is 1370. The van der Waals surface area contributed by atoms with E-state index < -0.39 is 6.04 Å². The topological polar surface area (TPSA) is 63.6 Å². The van der Waals surface area contributed by atoms with Gasteiger partial charge in [0.1, 0.15) is 11.8 Å². The van der Waals surface area contributed by atoms with Gasteiger partial charge < -0.3 is 14.6 Å². The first-order valence-electron chi connectivity index (χ1n) is 11.1. The van der Waals surface area contributed by atoms with E-state index in [1.165, 1.54) is 11.8 Å². The minimum atomic E-state index is -0.820. The lowest BCUT2D eigenvalue weighted by atomic mass is 10.0. The standard InChI is InChI=1S/C27H25N3O3S/c1-29-22-14-7-6-13-21(22)24-25(26(32)28-16-18-9-4-3-5-10-18)30(23(31)17-34-27(24)29)19-11-8-12-20(15-19)33-2/h3-15,25H,16-17H2,1-2H3,(H,28,32)/t25-/m1/s1. The van der Waals surface area contributed by atoms with Crippen LogP contribution in [0.4, 0.5) is 5.69 Å². The summed E-state index contributed by atoms with van der Waals surface area (Å²) in [6.45, 7) is 0.379. The Hall–Kier alpha value is -3.71.